The topological polar surface area (TPSA) is 0 Å². The Hall–Kier alpha value is -1.82. The molecule has 2 rings (SSSR count). The zero-order valence-electron chi connectivity index (χ0n) is 11.7. The molecule has 18 heavy (non-hydrogen) atoms. The predicted octanol–water partition coefficient (Wildman–Crippen LogP) is 5.23. The molecule has 0 aliphatic carbocycles. The number of hydrogen-bond donors (Lipinski definition) is 0. The molecule has 0 N–H and O–H groups in total. The molecular formula is C18H20. The minimum absolute atomic E-state index is 1.25. The van der Waals surface area contributed by atoms with E-state index in [1.54, 1.807) is 0 Å². The van der Waals surface area contributed by atoms with E-state index in [-0.39, 0.29) is 0 Å². The normalized spacial score (nSPS) is 10.4. The summed E-state index contributed by atoms with van der Waals surface area (Å²) in [4.78, 5) is 0. The fourth-order valence-electron chi connectivity index (χ4n) is 2.50. The van der Waals surface area contributed by atoms with Gasteiger partial charge in [0.25, 0.3) is 0 Å². The molecule has 0 spiro atoms. The zero-order chi connectivity index (χ0) is 13.3. The number of benzene rings is 2. The summed E-state index contributed by atoms with van der Waals surface area (Å²) in [6.07, 6.45) is 1.94. The lowest BCUT2D eigenvalue weighted by atomic mass is 9.93. The molecule has 0 heterocycles. The van der Waals surface area contributed by atoms with Crippen molar-refractivity contribution in [1.29, 1.82) is 0 Å². The molecule has 0 atom stereocenters. The van der Waals surface area contributed by atoms with E-state index in [0.29, 0.717) is 0 Å². The third-order valence-electron chi connectivity index (χ3n) is 3.50. The summed E-state index contributed by atoms with van der Waals surface area (Å²) >= 11 is 0. The summed E-state index contributed by atoms with van der Waals surface area (Å²) in [5.74, 6) is 0. The minimum atomic E-state index is 1.25. The van der Waals surface area contributed by atoms with Crippen LogP contribution in [-0.2, 0) is 0 Å². The Labute approximate surface area is 110 Å². The van der Waals surface area contributed by atoms with Crippen LogP contribution in [0.5, 0.6) is 0 Å². The lowest BCUT2D eigenvalue weighted by Gasteiger charge is -2.12. The van der Waals surface area contributed by atoms with E-state index in [1.807, 2.05) is 6.08 Å². The van der Waals surface area contributed by atoms with Crippen LogP contribution in [-0.4, -0.2) is 0 Å². The maximum Gasteiger partial charge on any atom is -0.0152 e. The van der Waals surface area contributed by atoms with Crippen molar-refractivity contribution in [2.24, 2.45) is 0 Å². The van der Waals surface area contributed by atoms with E-state index >= 15 is 0 Å². The highest BCUT2D eigenvalue weighted by molar-refractivity contribution is 5.72. The molecule has 0 saturated heterocycles. The van der Waals surface area contributed by atoms with E-state index < -0.39 is 0 Å². The molecule has 0 aliphatic rings. The minimum Gasteiger partial charge on any atom is -0.0985 e. The van der Waals surface area contributed by atoms with Gasteiger partial charge in [0.1, 0.15) is 0 Å². The quantitative estimate of drug-likeness (QED) is 0.669. The molecule has 0 fully saturated rings. The first-order valence-electron chi connectivity index (χ1n) is 6.34. The first kappa shape index (κ1) is 12.6. The zero-order valence-corrected chi connectivity index (χ0v) is 11.7. The summed E-state index contributed by atoms with van der Waals surface area (Å²) in [6, 6.07) is 11.1. The van der Waals surface area contributed by atoms with Gasteiger partial charge in [-0.05, 0) is 61.1 Å². The van der Waals surface area contributed by atoms with Crippen molar-refractivity contribution in [3.63, 3.8) is 0 Å². The number of rotatable bonds is 2. The smallest absolute Gasteiger partial charge is 0.0152 e. The van der Waals surface area contributed by atoms with Gasteiger partial charge in [0.2, 0.25) is 0 Å². The fraction of sp³-hybridized carbons (Fsp3) is 0.222. The molecule has 0 radical (unpaired) electrons. The highest BCUT2D eigenvalue weighted by Crippen LogP contribution is 2.28. The average Bonchev–Trinajstić information content (AvgIpc) is 2.32. The second-order valence-corrected chi connectivity index (χ2v) is 5.05. The van der Waals surface area contributed by atoms with Gasteiger partial charge in [-0.1, -0.05) is 48.6 Å². The standard InChI is InChI=1S/C18H20/c1-6-17-14(4)10-16(11-15(17)5)18-9-12(2)7-8-13(18)3/h6-11H,1H2,2-5H3. The molecule has 0 nitrogen and oxygen atoms in total. The molecule has 0 saturated carbocycles. The monoisotopic (exact) mass is 236 g/mol. The molecule has 0 amide bonds. The lowest BCUT2D eigenvalue weighted by molar-refractivity contribution is 1.33. The van der Waals surface area contributed by atoms with Crippen LogP contribution < -0.4 is 0 Å². The highest BCUT2D eigenvalue weighted by atomic mass is 14.1. The van der Waals surface area contributed by atoms with Crippen LogP contribution >= 0.6 is 0 Å². The maximum atomic E-state index is 3.89. The van der Waals surface area contributed by atoms with Crippen LogP contribution in [0.3, 0.4) is 0 Å². The van der Waals surface area contributed by atoms with E-state index in [1.165, 1.54) is 38.9 Å². The van der Waals surface area contributed by atoms with Crippen molar-refractivity contribution >= 4 is 6.08 Å². The summed E-state index contributed by atoms with van der Waals surface area (Å²) in [5.41, 5.74) is 9.10. The van der Waals surface area contributed by atoms with E-state index in [0.717, 1.165) is 0 Å². The molecule has 92 valence electrons. The Balaban J connectivity index is 2.65. The van der Waals surface area contributed by atoms with Crippen molar-refractivity contribution < 1.29 is 0 Å². The van der Waals surface area contributed by atoms with Gasteiger partial charge in [-0.25, -0.2) is 0 Å². The summed E-state index contributed by atoms with van der Waals surface area (Å²) in [5, 5.41) is 0. The molecule has 0 bridgehead atoms. The van der Waals surface area contributed by atoms with Gasteiger partial charge in [0.05, 0.1) is 0 Å². The van der Waals surface area contributed by atoms with Crippen LogP contribution in [0.4, 0.5) is 0 Å². The van der Waals surface area contributed by atoms with Crippen molar-refractivity contribution in [1.82, 2.24) is 0 Å². The van der Waals surface area contributed by atoms with Crippen LogP contribution in [0.2, 0.25) is 0 Å². The number of hydrogen-bond acceptors (Lipinski definition) is 0. The fourth-order valence-corrected chi connectivity index (χ4v) is 2.50. The molecule has 0 heteroatoms. The molecule has 2 aromatic rings. The van der Waals surface area contributed by atoms with Crippen molar-refractivity contribution in [3.05, 3.63) is 64.7 Å². The van der Waals surface area contributed by atoms with Gasteiger partial charge in [0, 0.05) is 0 Å². The first-order valence-corrected chi connectivity index (χ1v) is 6.34. The Morgan fingerprint density at radius 3 is 2.00 bits per heavy atom. The highest BCUT2D eigenvalue weighted by Gasteiger charge is 2.06. The third kappa shape index (κ3) is 2.24. The van der Waals surface area contributed by atoms with Gasteiger partial charge in [0.15, 0.2) is 0 Å². The van der Waals surface area contributed by atoms with Crippen LogP contribution in [0, 0.1) is 27.7 Å². The average molecular weight is 236 g/mol. The SMILES string of the molecule is C=Cc1c(C)cc(-c2cc(C)ccc2C)cc1C. The predicted molar refractivity (Wildman–Crippen MR) is 80.9 cm³/mol. The summed E-state index contributed by atoms with van der Waals surface area (Å²) < 4.78 is 0. The first-order chi connectivity index (χ1) is 8.52. The summed E-state index contributed by atoms with van der Waals surface area (Å²) in [7, 11) is 0. The Morgan fingerprint density at radius 1 is 0.833 bits per heavy atom. The molecule has 2 aromatic carbocycles. The molecule has 0 aromatic heterocycles. The second-order valence-electron chi connectivity index (χ2n) is 5.05. The van der Waals surface area contributed by atoms with Gasteiger partial charge in [-0.3, -0.25) is 0 Å². The Kier molecular flexibility index (Phi) is 3.38. The van der Waals surface area contributed by atoms with Crippen LogP contribution in [0.1, 0.15) is 27.8 Å². The van der Waals surface area contributed by atoms with Crippen molar-refractivity contribution in [2.75, 3.05) is 0 Å². The molecular weight excluding hydrogens is 216 g/mol. The van der Waals surface area contributed by atoms with Crippen molar-refractivity contribution in [3.8, 4) is 11.1 Å². The van der Waals surface area contributed by atoms with Gasteiger partial charge >= 0.3 is 0 Å². The van der Waals surface area contributed by atoms with E-state index in [4.69, 9.17) is 0 Å². The maximum absolute atomic E-state index is 3.89. The largest absolute Gasteiger partial charge is 0.0985 e. The number of aryl methyl sites for hydroxylation is 4. The van der Waals surface area contributed by atoms with E-state index in [2.05, 4.69) is 64.6 Å². The van der Waals surface area contributed by atoms with Crippen molar-refractivity contribution in [2.45, 2.75) is 27.7 Å². The van der Waals surface area contributed by atoms with Crippen LogP contribution in [0.25, 0.3) is 17.2 Å². The van der Waals surface area contributed by atoms with Gasteiger partial charge in [-0.2, -0.15) is 0 Å². The third-order valence-corrected chi connectivity index (χ3v) is 3.50. The lowest BCUT2D eigenvalue weighted by Crippen LogP contribution is -1.91. The Bertz CT molecular complexity index is 580. The van der Waals surface area contributed by atoms with Crippen LogP contribution in [0.15, 0.2) is 36.9 Å². The molecule has 0 aliphatic heterocycles. The van der Waals surface area contributed by atoms with E-state index in [9.17, 15) is 0 Å². The second kappa shape index (κ2) is 4.81. The summed E-state index contributed by atoms with van der Waals surface area (Å²) in [6.45, 7) is 12.5. The molecule has 0 unspecified atom stereocenters. The van der Waals surface area contributed by atoms with Gasteiger partial charge in [-0.15, -0.1) is 0 Å². The van der Waals surface area contributed by atoms with Gasteiger partial charge < -0.3 is 0 Å². The Morgan fingerprint density at radius 2 is 1.44 bits per heavy atom.